The summed E-state index contributed by atoms with van der Waals surface area (Å²) in [4.78, 5) is 48.7. The van der Waals surface area contributed by atoms with Crippen molar-refractivity contribution in [1.82, 2.24) is 0 Å². The Kier molecular flexibility index (Phi) is 16.4. The van der Waals surface area contributed by atoms with Gasteiger partial charge in [0, 0.05) is 17.8 Å². The van der Waals surface area contributed by atoms with Crippen LogP contribution in [0.1, 0.15) is 205 Å². The molecule has 6 aliphatic rings. The molecule has 0 aromatic rings. The predicted molar refractivity (Wildman–Crippen MR) is 226 cm³/mol. The molecule has 330 valence electrons. The Morgan fingerprint density at radius 1 is 0.862 bits per heavy atom. The molecule has 9 heteroatoms. The van der Waals surface area contributed by atoms with Crippen molar-refractivity contribution < 1.29 is 38.1 Å². The van der Waals surface area contributed by atoms with E-state index in [1.807, 2.05) is 48.5 Å². The van der Waals surface area contributed by atoms with Gasteiger partial charge < -0.3 is 18.9 Å². The molecule has 1 saturated heterocycles. The van der Waals surface area contributed by atoms with E-state index in [1.54, 1.807) is 0 Å². The van der Waals surface area contributed by atoms with Gasteiger partial charge in [0.15, 0.2) is 5.41 Å². The Hall–Kier alpha value is -2.63. The number of nitriles is 1. The van der Waals surface area contributed by atoms with Gasteiger partial charge in [0.25, 0.3) is 0 Å². The molecule has 5 saturated carbocycles. The third kappa shape index (κ3) is 10.4. The van der Waals surface area contributed by atoms with Gasteiger partial charge in [-0.1, -0.05) is 73.6 Å². The number of hydrogen-bond donors (Lipinski definition) is 0. The lowest BCUT2D eigenvalue weighted by molar-refractivity contribution is -0.178. The lowest BCUT2D eigenvalue weighted by Gasteiger charge is -2.41. The van der Waals surface area contributed by atoms with E-state index in [0.717, 1.165) is 63.2 Å². The summed E-state index contributed by atoms with van der Waals surface area (Å²) in [7, 11) is 0. The number of rotatable bonds is 14. The van der Waals surface area contributed by atoms with Gasteiger partial charge >= 0.3 is 23.9 Å². The van der Waals surface area contributed by atoms with E-state index in [9.17, 15) is 24.4 Å². The molecule has 6 rings (SSSR count). The number of carbonyl (C=O) groups excluding carboxylic acids is 4. The third-order valence-corrected chi connectivity index (χ3v) is 16.0. The molecule has 6 fully saturated rings. The third-order valence-electron chi connectivity index (χ3n) is 16.0. The summed E-state index contributed by atoms with van der Waals surface area (Å²) >= 11 is 0. The Labute approximate surface area is 352 Å². The van der Waals surface area contributed by atoms with Gasteiger partial charge in [0.1, 0.15) is 23.4 Å². The summed E-state index contributed by atoms with van der Waals surface area (Å²) in [5, 5.41) is 9.31. The van der Waals surface area contributed by atoms with Gasteiger partial charge in [-0.15, -0.1) is 0 Å². The van der Waals surface area contributed by atoms with Gasteiger partial charge in [0.2, 0.25) is 0 Å². The number of ether oxygens (including phenoxy) is 4. The average molecular weight is 812 g/mol. The van der Waals surface area contributed by atoms with Crippen LogP contribution in [0.4, 0.5) is 0 Å². The van der Waals surface area contributed by atoms with Crippen LogP contribution in [0, 0.1) is 63.1 Å². The van der Waals surface area contributed by atoms with Gasteiger partial charge in [-0.25, -0.2) is 0 Å². The molecule has 4 bridgehead atoms. The van der Waals surface area contributed by atoms with Crippen LogP contribution in [0.5, 0.6) is 0 Å². The fourth-order valence-electron chi connectivity index (χ4n) is 10.6. The molecule has 0 spiro atoms. The highest BCUT2D eigenvalue weighted by molar-refractivity contribution is 5.85. The van der Waals surface area contributed by atoms with E-state index in [-0.39, 0.29) is 58.4 Å². The molecular formula is C49H81NO8. The lowest BCUT2D eigenvalue weighted by atomic mass is 9.74. The molecule has 5 aliphatic carbocycles. The van der Waals surface area contributed by atoms with Crippen LogP contribution in [0.25, 0.3) is 0 Å². The maximum Gasteiger partial charge on any atom is 0.327 e. The van der Waals surface area contributed by atoms with E-state index < -0.39 is 22.9 Å². The summed E-state index contributed by atoms with van der Waals surface area (Å²) < 4.78 is 23.1. The fourth-order valence-corrected chi connectivity index (χ4v) is 10.6. The highest BCUT2D eigenvalue weighted by atomic mass is 16.6. The minimum absolute atomic E-state index is 0.00590. The van der Waals surface area contributed by atoms with Crippen molar-refractivity contribution in [2.45, 2.75) is 228 Å². The van der Waals surface area contributed by atoms with E-state index in [0.29, 0.717) is 18.8 Å². The molecule has 0 amide bonds. The molecule has 0 radical (unpaired) electrons. The van der Waals surface area contributed by atoms with Crippen LogP contribution in [0.15, 0.2) is 0 Å². The van der Waals surface area contributed by atoms with Gasteiger partial charge in [0.05, 0.1) is 22.8 Å². The van der Waals surface area contributed by atoms with Crippen LogP contribution in [0.2, 0.25) is 0 Å². The SMILES string of the molecule is CCC(C)(C)C(=O)OC1C2CC3C1OC(=O)C3(C#N)C2.CCC(C)C(=O)OC1(CC)CCCCCCC1.CCCCC(C)(OC(=O)C(C)(C)CC)C1CC2CCC1C2. The number of carbonyl (C=O) groups is 4. The second-order valence-electron chi connectivity index (χ2n) is 20.7. The molecule has 0 N–H and O–H groups in total. The second kappa shape index (κ2) is 19.8. The molecular weight excluding hydrogens is 731 g/mol. The maximum absolute atomic E-state index is 12.6. The summed E-state index contributed by atoms with van der Waals surface area (Å²) in [6.07, 6.45) is 21.0. The first-order chi connectivity index (χ1) is 27.3. The molecule has 0 aromatic heterocycles. The summed E-state index contributed by atoms with van der Waals surface area (Å²) in [6, 6.07) is 2.15. The van der Waals surface area contributed by atoms with Crippen LogP contribution in [0.3, 0.4) is 0 Å². The number of nitrogens with zero attached hydrogens (tertiary/aromatic N) is 1. The smallest absolute Gasteiger partial charge is 0.327 e. The zero-order valence-electron chi connectivity index (χ0n) is 38.5. The molecule has 10 unspecified atom stereocenters. The Balaban J connectivity index is 0.000000194. The second-order valence-corrected chi connectivity index (χ2v) is 20.7. The predicted octanol–water partition coefficient (Wildman–Crippen LogP) is 11.6. The van der Waals surface area contributed by atoms with E-state index in [2.05, 4.69) is 33.8 Å². The minimum atomic E-state index is -0.974. The van der Waals surface area contributed by atoms with Crippen molar-refractivity contribution in [3.8, 4) is 6.07 Å². The van der Waals surface area contributed by atoms with Crippen molar-refractivity contribution in [3.05, 3.63) is 0 Å². The summed E-state index contributed by atoms with van der Waals surface area (Å²) in [5.41, 5.74) is -2.25. The normalized spacial score (nSPS) is 32.1. The molecule has 9 nitrogen and oxygen atoms in total. The van der Waals surface area contributed by atoms with E-state index >= 15 is 0 Å². The molecule has 10 atom stereocenters. The summed E-state index contributed by atoms with van der Waals surface area (Å²) in [5.74, 6) is 1.66. The number of hydrogen-bond acceptors (Lipinski definition) is 9. The highest BCUT2D eigenvalue weighted by Gasteiger charge is 2.72. The standard InChI is InChI=1S/C19H34O2.C15H19NO4.C15H28O2/c1-6-8-11-19(5,21-17(20)18(3,4)7-2)16-13-14-9-10-15(16)12-14;1-4-14(2,3)12(17)19-10-8-5-9-11(10)20-13(18)15(9,6-8)7-16;1-4-13(3)14(16)17-15(5-2)11-9-7-6-8-10-12-15/h14-16H,6-13H2,1-5H3;8-11H,4-6H2,1-3H3;13H,4-12H2,1-3H3. The minimum Gasteiger partial charge on any atom is -0.459 e. The Morgan fingerprint density at radius 3 is 2.00 bits per heavy atom. The van der Waals surface area contributed by atoms with Crippen molar-refractivity contribution in [2.24, 2.45) is 51.8 Å². The van der Waals surface area contributed by atoms with Crippen molar-refractivity contribution in [3.63, 3.8) is 0 Å². The van der Waals surface area contributed by atoms with Gasteiger partial charge in [-0.2, -0.15) is 5.26 Å². The highest BCUT2D eigenvalue weighted by Crippen LogP contribution is 2.62. The molecule has 0 aromatic carbocycles. The first-order valence-corrected chi connectivity index (χ1v) is 23.6. The first-order valence-electron chi connectivity index (χ1n) is 23.6. The Morgan fingerprint density at radius 2 is 1.48 bits per heavy atom. The number of fused-ring (bicyclic) bond motifs is 3. The molecule has 58 heavy (non-hydrogen) atoms. The van der Waals surface area contributed by atoms with Crippen LogP contribution >= 0.6 is 0 Å². The van der Waals surface area contributed by atoms with Gasteiger partial charge in [-0.3, -0.25) is 19.2 Å². The van der Waals surface area contributed by atoms with Gasteiger partial charge in [-0.05, 0) is 143 Å². The average Bonchev–Trinajstić information content (AvgIpc) is 4.02. The topological polar surface area (TPSA) is 129 Å². The zero-order valence-corrected chi connectivity index (χ0v) is 38.5. The van der Waals surface area contributed by atoms with Crippen LogP contribution < -0.4 is 0 Å². The van der Waals surface area contributed by atoms with Crippen LogP contribution in [-0.2, 0) is 38.1 Å². The quantitative estimate of drug-likeness (QED) is 0.124. The van der Waals surface area contributed by atoms with Crippen molar-refractivity contribution >= 4 is 23.9 Å². The van der Waals surface area contributed by atoms with E-state index in [4.69, 9.17) is 18.9 Å². The van der Waals surface area contributed by atoms with Crippen LogP contribution in [-0.4, -0.2) is 47.3 Å². The maximum atomic E-state index is 12.6. The molecule has 1 heterocycles. The Bertz CT molecular complexity index is 1460. The van der Waals surface area contributed by atoms with Crippen molar-refractivity contribution in [1.29, 1.82) is 5.26 Å². The number of esters is 4. The zero-order chi connectivity index (χ0) is 43.1. The largest absolute Gasteiger partial charge is 0.459 e. The lowest BCUT2D eigenvalue weighted by Crippen LogP contribution is -2.45. The monoisotopic (exact) mass is 812 g/mol. The number of unbranched alkanes of at least 4 members (excludes halogenated alkanes) is 1. The first kappa shape index (κ1) is 48.0. The van der Waals surface area contributed by atoms with Crippen molar-refractivity contribution in [2.75, 3.05) is 0 Å². The van der Waals surface area contributed by atoms with E-state index in [1.165, 1.54) is 64.2 Å². The summed E-state index contributed by atoms with van der Waals surface area (Å²) in [6.45, 7) is 22.3. The molecule has 1 aliphatic heterocycles. The fraction of sp³-hybridized carbons (Fsp3) is 0.898.